The van der Waals surface area contributed by atoms with Crippen molar-refractivity contribution >= 4 is 17.6 Å². The van der Waals surface area contributed by atoms with E-state index >= 15 is 0 Å². The monoisotopic (exact) mass is 438 g/mol. The summed E-state index contributed by atoms with van der Waals surface area (Å²) >= 11 is 0. The number of amides is 1. The van der Waals surface area contributed by atoms with Crippen LogP contribution in [0, 0.1) is 0 Å². The van der Waals surface area contributed by atoms with Gasteiger partial charge in [-0.15, -0.1) is 0 Å². The minimum atomic E-state index is -4.41. The molecule has 3 aromatic rings. The van der Waals surface area contributed by atoms with E-state index in [9.17, 15) is 22.8 Å². The van der Waals surface area contributed by atoms with E-state index in [0.29, 0.717) is 23.4 Å². The first-order chi connectivity index (χ1) is 15.2. The van der Waals surface area contributed by atoms with Crippen molar-refractivity contribution in [1.82, 2.24) is 10.3 Å². The Morgan fingerprint density at radius 2 is 1.66 bits per heavy atom. The summed E-state index contributed by atoms with van der Waals surface area (Å²) in [5, 5.41) is 11.8. The van der Waals surface area contributed by atoms with Crippen molar-refractivity contribution in [3.63, 3.8) is 0 Å². The van der Waals surface area contributed by atoms with Crippen LogP contribution in [0.5, 0.6) is 0 Å². The van der Waals surface area contributed by atoms with E-state index in [1.54, 1.807) is 18.2 Å². The first-order valence-corrected chi connectivity index (χ1v) is 9.71. The molecule has 0 unspecified atom stereocenters. The van der Waals surface area contributed by atoms with Gasteiger partial charge in [-0.1, -0.05) is 30.3 Å². The molecule has 5 nitrogen and oxygen atoms in total. The summed E-state index contributed by atoms with van der Waals surface area (Å²) < 4.78 is 38.0. The van der Waals surface area contributed by atoms with Gasteiger partial charge in [-0.05, 0) is 42.0 Å². The van der Waals surface area contributed by atoms with Crippen LogP contribution in [0.25, 0.3) is 17.0 Å². The number of fused-ring (bicyclic) bond motifs is 1. The fourth-order valence-corrected chi connectivity index (χ4v) is 3.46. The topological polar surface area (TPSA) is 79.3 Å². The maximum Gasteiger partial charge on any atom is 0.416 e. The molecular weight excluding hydrogens is 421 g/mol. The molecule has 32 heavy (non-hydrogen) atoms. The van der Waals surface area contributed by atoms with E-state index in [1.165, 1.54) is 24.3 Å². The average molecular weight is 438 g/mol. The number of carbonyl (C=O) groups is 2. The third-order valence-corrected chi connectivity index (χ3v) is 5.11. The second kappa shape index (κ2) is 8.30. The summed E-state index contributed by atoms with van der Waals surface area (Å²) in [4.78, 5) is 28.0. The van der Waals surface area contributed by atoms with Crippen LogP contribution in [-0.2, 0) is 23.8 Å². The number of carbonyl (C=O) groups excluding carboxylic acids is 1. The summed E-state index contributed by atoms with van der Waals surface area (Å²) in [7, 11) is 0. The maximum atomic E-state index is 12.7. The first kappa shape index (κ1) is 21.3. The summed E-state index contributed by atoms with van der Waals surface area (Å²) in [6.07, 6.45) is -2.11. The standard InChI is InChI=1S/C24H17F3N2O3/c25-24(26,27)17-7-1-14(2-8-17)13-22(30)29-21-12-11-20-18(21)9-10-19(28-20)15-3-5-16(6-4-15)23(31)32/h1-10,12H,11,13H2,(H,29,30)(H,31,32). The number of aromatic carboxylic acids is 1. The maximum absolute atomic E-state index is 12.7. The zero-order valence-corrected chi connectivity index (χ0v) is 16.6. The number of halogens is 3. The number of hydrogen-bond acceptors (Lipinski definition) is 3. The lowest BCUT2D eigenvalue weighted by atomic mass is 10.1. The second-order valence-corrected chi connectivity index (χ2v) is 7.31. The van der Waals surface area contributed by atoms with Crippen molar-refractivity contribution in [2.45, 2.75) is 19.0 Å². The van der Waals surface area contributed by atoms with Gasteiger partial charge in [0.05, 0.1) is 28.9 Å². The quantitative estimate of drug-likeness (QED) is 0.604. The predicted molar refractivity (Wildman–Crippen MR) is 112 cm³/mol. The Bertz CT molecular complexity index is 1210. The van der Waals surface area contributed by atoms with E-state index in [-0.39, 0.29) is 17.9 Å². The van der Waals surface area contributed by atoms with E-state index in [0.717, 1.165) is 29.0 Å². The summed E-state index contributed by atoms with van der Waals surface area (Å²) in [6.45, 7) is 0. The zero-order chi connectivity index (χ0) is 22.9. The van der Waals surface area contributed by atoms with Crippen LogP contribution < -0.4 is 5.32 Å². The van der Waals surface area contributed by atoms with E-state index in [2.05, 4.69) is 10.3 Å². The van der Waals surface area contributed by atoms with Gasteiger partial charge in [0.15, 0.2) is 0 Å². The number of allylic oxidation sites excluding steroid dienone is 1. The number of benzene rings is 2. The Morgan fingerprint density at radius 1 is 0.969 bits per heavy atom. The molecular formula is C24H17F3N2O3. The number of hydrogen-bond donors (Lipinski definition) is 2. The lowest BCUT2D eigenvalue weighted by molar-refractivity contribution is -0.137. The molecule has 162 valence electrons. The highest BCUT2D eigenvalue weighted by molar-refractivity contribution is 5.90. The molecule has 0 saturated carbocycles. The Balaban J connectivity index is 1.43. The summed E-state index contributed by atoms with van der Waals surface area (Å²) in [6, 6.07) is 14.5. The van der Waals surface area contributed by atoms with Gasteiger partial charge < -0.3 is 10.4 Å². The van der Waals surface area contributed by atoms with Crippen molar-refractivity contribution in [1.29, 1.82) is 0 Å². The molecule has 8 heteroatoms. The molecule has 2 N–H and O–H groups in total. The third kappa shape index (κ3) is 4.54. The highest BCUT2D eigenvalue weighted by Gasteiger charge is 2.30. The Kier molecular flexibility index (Phi) is 5.52. The van der Waals surface area contributed by atoms with Crippen LogP contribution in [0.2, 0.25) is 0 Å². The number of rotatable bonds is 5. The Labute approximate surface area is 181 Å². The van der Waals surface area contributed by atoms with Gasteiger partial charge in [-0.25, -0.2) is 4.79 Å². The fraction of sp³-hybridized carbons (Fsp3) is 0.125. The summed E-state index contributed by atoms with van der Waals surface area (Å²) in [5.41, 5.74) is 3.53. The molecule has 0 spiro atoms. The number of nitrogens with zero attached hydrogens (tertiary/aromatic N) is 1. The lowest BCUT2D eigenvalue weighted by Crippen LogP contribution is -2.23. The average Bonchev–Trinajstić information content (AvgIpc) is 3.15. The highest BCUT2D eigenvalue weighted by atomic mass is 19.4. The van der Waals surface area contributed by atoms with Crippen molar-refractivity contribution in [2.24, 2.45) is 0 Å². The van der Waals surface area contributed by atoms with Crippen molar-refractivity contribution in [2.75, 3.05) is 0 Å². The van der Waals surface area contributed by atoms with Gasteiger partial charge in [0, 0.05) is 23.2 Å². The van der Waals surface area contributed by atoms with Gasteiger partial charge in [0.2, 0.25) is 5.91 Å². The summed E-state index contributed by atoms with van der Waals surface area (Å²) in [5.74, 6) is -1.34. The molecule has 0 atom stereocenters. The van der Waals surface area contributed by atoms with E-state index in [1.807, 2.05) is 12.1 Å². The second-order valence-electron chi connectivity index (χ2n) is 7.31. The number of aromatic nitrogens is 1. The number of pyridine rings is 1. The molecule has 1 aromatic heterocycles. The zero-order valence-electron chi connectivity index (χ0n) is 16.6. The van der Waals surface area contributed by atoms with Crippen LogP contribution in [0.1, 0.15) is 32.7 Å². The van der Waals surface area contributed by atoms with Gasteiger partial charge >= 0.3 is 12.1 Å². The predicted octanol–water partition coefficient (Wildman–Crippen LogP) is 4.72. The number of carboxylic acid groups (broad SMARTS) is 1. The number of alkyl halides is 3. The van der Waals surface area contributed by atoms with Crippen molar-refractivity contribution < 1.29 is 27.9 Å². The molecule has 0 bridgehead atoms. The Hall–Kier alpha value is -3.94. The molecule has 0 saturated heterocycles. The van der Waals surface area contributed by atoms with Gasteiger partial charge in [0.1, 0.15) is 0 Å². The molecule has 1 aliphatic rings. The van der Waals surface area contributed by atoms with Crippen LogP contribution in [-0.4, -0.2) is 22.0 Å². The fourth-order valence-electron chi connectivity index (χ4n) is 3.46. The van der Waals surface area contributed by atoms with Crippen LogP contribution in [0.4, 0.5) is 13.2 Å². The highest BCUT2D eigenvalue weighted by Crippen LogP contribution is 2.30. The largest absolute Gasteiger partial charge is 0.478 e. The minimum Gasteiger partial charge on any atom is -0.478 e. The lowest BCUT2D eigenvalue weighted by Gasteiger charge is -2.10. The smallest absolute Gasteiger partial charge is 0.416 e. The van der Waals surface area contributed by atoms with Crippen LogP contribution >= 0.6 is 0 Å². The molecule has 0 aliphatic heterocycles. The minimum absolute atomic E-state index is 0.0494. The van der Waals surface area contributed by atoms with Gasteiger partial charge in [0.25, 0.3) is 0 Å². The normalized spacial score (nSPS) is 12.8. The molecule has 0 fully saturated rings. The van der Waals surface area contributed by atoms with E-state index in [4.69, 9.17) is 5.11 Å². The van der Waals surface area contributed by atoms with Crippen molar-refractivity contribution in [3.8, 4) is 11.3 Å². The molecule has 1 amide bonds. The van der Waals surface area contributed by atoms with Gasteiger partial charge in [-0.3, -0.25) is 9.78 Å². The SMILES string of the molecule is O=C(Cc1ccc(C(F)(F)F)cc1)NC1=CCc2nc(-c3ccc(C(=O)O)cc3)ccc21. The van der Waals surface area contributed by atoms with E-state index < -0.39 is 17.7 Å². The Morgan fingerprint density at radius 3 is 2.28 bits per heavy atom. The first-order valence-electron chi connectivity index (χ1n) is 9.71. The van der Waals surface area contributed by atoms with Crippen LogP contribution in [0.3, 0.4) is 0 Å². The van der Waals surface area contributed by atoms with Crippen molar-refractivity contribution in [3.05, 3.63) is 94.7 Å². The molecule has 2 aromatic carbocycles. The number of nitrogens with one attached hydrogen (secondary N) is 1. The molecule has 1 heterocycles. The van der Waals surface area contributed by atoms with Crippen LogP contribution in [0.15, 0.2) is 66.7 Å². The van der Waals surface area contributed by atoms with Gasteiger partial charge in [-0.2, -0.15) is 13.2 Å². The molecule has 1 aliphatic carbocycles. The number of carboxylic acids is 1. The third-order valence-electron chi connectivity index (χ3n) is 5.11. The molecule has 0 radical (unpaired) electrons. The molecule has 4 rings (SSSR count).